The zero-order valence-electron chi connectivity index (χ0n) is 10.1. The van der Waals surface area contributed by atoms with Crippen LogP contribution in [0.3, 0.4) is 0 Å². The van der Waals surface area contributed by atoms with Crippen molar-refractivity contribution >= 4 is 0 Å². The molecule has 0 saturated carbocycles. The van der Waals surface area contributed by atoms with Gasteiger partial charge in [0.25, 0.3) is 0 Å². The second-order valence-corrected chi connectivity index (χ2v) is 4.34. The fourth-order valence-corrected chi connectivity index (χ4v) is 1.69. The Bertz CT molecular complexity index is 465. The van der Waals surface area contributed by atoms with Crippen LogP contribution in [-0.2, 0) is 0 Å². The van der Waals surface area contributed by atoms with Gasteiger partial charge in [0.1, 0.15) is 0 Å². The fourth-order valence-electron chi connectivity index (χ4n) is 1.69. The molecule has 1 aromatic carbocycles. The van der Waals surface area contributed by atoms with E-state index in [0.29, 0.717) is 12.4 Å². The van der Waals surface area contributed by atoms with E-state index in [1.54, 1.807) is 0 Å². The summed E-state index contributed by atoms with van der Waals surface area (Å²) >= 11 is 0. The predicted molar refractivity (Wildman–Crippen MR) is 65.7 cm³/mol. The van der Waals surface area contributed by atoms with E-state index in [1.165, 1.54) is 0 Å². The Labute approximate surface area is 101 Å². The van der Waals surface area contributed by atoms with Gasteiger partial charge >= 0.3 is 0 Å². The summed E-state index contributed by atoms with van der Waals surface area (Å²) in [7, 11) is 0. The largest absolute Gasteiger partial charge is 0.339 e. The highest BCUT2D eigenvalue weighted by molar-refractivity contribution is 5.25. The van der Waals surface area contributed by atoms with Crippen molar-refractivity contribution in [2.45, 2.75) is 25.7 Å². The lowest BCUT2D eigenvalue weighted by atomic mass is 9.99. The van der Waals surface area contributed by atoms with Crippen LogP contribution < -0.4 is 5.73 Å². The van der Waals surface area contributed by atoms with Gasteiger partial charge in [-0.3, -0.25) is 0 Å². The van der Waals surface area contributed by atoms with Crippen molar-refractivity contribution in [3.63, 3.8) is 0 Å². The molecule has 0 amide bonds. The van der Waals surface area contributed by atoms with Gasteiger partial charge in [-0.1, -0.05) is 49.3 Å². The number of aromatic nitrogens is 2. The molecular formula is C13H17N3O. The molecule has 0 aliphatic rings. The Morgan fingerprint density at radius 2 is 1.94 bits per heavy atom. The maximum absolute atomic E-state index is 5.79. The van der Waals surface area contributed by atoms with Gasteiger partial charge in [-0.05, 0) is 5.56 Å². The molecule has 0 aliphatic heterocycles. The van der Waals surface area contributed by atoms with Gasteiger partial charge in [-0.15, -0.1) is 0 Å². The average molecular weight is 231 g/mol. The van der Waals surface area contributed by atoms with Gasteiger partial charge in [0, 0.05) is 12.5 Å². The molecule has 0 bridgehead atoms. The Morgan fingerprint density at radius 3 is 2.47 bits per heavy atom. The second kappa shape index (κ2) is 5.10. The van der Waals surface area contributed by atoms with Crippen molar-refractivity contribution in [2.75, 3.05) is 6.54 Å². The molecule has 0 spiro atoms. The zero-order chi connectivity index (χ0) is 12.3. The number of nitrogens with two attached hydrogens (primary N) is 1. The maximum Gasteiger partial charge on any atom is 0.235 e. The highest BCUT2D eigenvalue weighted by atomic mass is 16.5. The van der Waals surface area contributed by atoms with Crippen LogP contribution in [0.2, 0.25) is 0 Å². The number of nitrogens with zero attached hydrogens (tertiary/aromatic N) is 2. The summed E-state index contributed by atoms with van der Waals surface area (Å²) in [5, 5.41) is 3.97. The van der Waals surface area contributed by atoms with E-state index in [9.17, 15) is 0 Å². The summed E-state index contributed by atoms with van der Waals surface area (Å²) in [5.41, 5.74) is 6.90. The SMILES string of the molecule is CC(C)c1noc(C(CN)c2ccccc2)n1. The van der Waals surface area contributed by atoms with Crippen molar-refractivity contribution in [2.24, 2.45) is 5.73 Å². The van der Waals surface area contributed by atoms with Crippen LogP contribution in [0.25, 0.3) is 0 Å². The minimum absolute atomic E-state index is 0.0174. The highest BCUT2D eigenvalue weighted by Crippen LogP contribution is 2.23. The van der Waals surface area contributed by atoms with Crippen LogP contribution in [0.4, 0.5) is 0 Å². The quantitative estimate of drug-likeness (QED) is 0.876. The van der Waals surface area contributed by atoms with Crippen LogP contribution in [0.15, 0.2) is 34.9 Å². The summed E-state index contributed by atoms with van der Waals surface area (Å²) < 4.78 is 5.29. The normalized spacial score (nSPS) is 12.9. The smallest absolute Gasteiger partial charge is 0.235 e. The predicted octanol–water partition coefficient (Wildman–Crippen LogP) is 2.28. The monoisotopic (exact) mass is 231 g/mol. The van der Waals surface area contributed by atoms with E-state index in [2.05, 4.69) is 10.1 Å². The molecule has 90 valence electrons. The Hall–Kier alpha value is -1.68. The molecular weight excluding hydrogens is 214 g/mol. The number of benzene rings is 1. The second-order valence-electron chi connectivity index (χ2n) is 4.34. The van der Waals surface area contributed by atoms with Gasteiger partial charge < -0.3 is 10.3 Å². The van der Waals surface area contributed by atoms with Crippen molar-refractivity contribution in [3.8, 4) is 0 Å². The first-order valence-corrected chi connectivity index (χ1v) is 5.81. The maximum atomic E-state index is 5.79. The number of hydrogen-bond acceptors (Lipinski definition) is 4. The lowest BCUT2D eigenvalue weighted by Crippen LogP contribution is -2.14. The molecule has 4 heteroatoms. The van der Waals surface area contributed by atoms with Crippen LogP contribution in [0, 0.1) is 0 Å². The van der Waals surface area contributed by atoms with Gasteiger partial charge in [0.05, 0.1) is 5.92 Å². The lowest BCUT2D eigenvalue weighted by Gasteiger charge is -2.09. The summed E-state index contributed by atoms with van der Waals surface area (Å²) in [5.74, 6) is 1.58. The molecule has 0 aliphatic carbocycles. The molecule has 0 saturated heterocycles. The minimum atomic E-state index is -0.0174. The molecule has 1 atom stereocenters. The first-order chi connectivity index (χ1) is 8.22. The first-order valence-electron chi connectivity index (χ1n) is 5.81. The van der Waals surface area contributed by atoms with E-state index in [4.69, 9.17) is 10.3 Å². The Kier molecular flexibility index (Phi) is 3.54. The zero-order valence-corrected chi connectivity index (χ0v) is 10.1. The molecule has 2 rings (SSSR count). The molecule has 2 aromatic rings. The van der Waals surface area contributed by atoms with Crippen molar-refractivity contribution in [1.29, 1.82) is 0 Å². The first kappa shape index (κ1) is 11.8. The minimum Gasteiger partial charge on any atom is -0.339 e. The lowest BCUT2D eigenvalue weighted by molar-refractivity contribution is 0.360. The van der Waals surface area contributed by atoms with E-state index >= 15 is 0 Å². The third-order valence-electron chi connectivity index (χ3n) is 2.71. The summed E-state index contributed by atoms with van der Waals surface area (Å²) in [6, 6.07) is 9.99. The molecule has 0 radical (unpaired) electrons. The molecule has 0 fully saturated rings. The summed E-state index contributed by atoms with van der Waals surface area (Å²) in [6.45, 7) is 4.53. The van der Waals surface area contributed by atoms with Gasteiger partial charge in [-0.25, -0.2) is 0 Å². The molecule has 1 heterocycles. The molecule has 4 nitrogen and oxygen atoms in total. The molecule has 1 unspecified atom stereocenters. The van der Waals surface area contributed by atoms with Gasteiger partial charge in [-0.2, -0.15) is 4.98 Å². The third kappa shape index (κ3) is 2.53. The van der Waals surface area contributed by atoms with Gasteiger partial charge in [0.15, 0.2) is 5.82 Å². The average Bonchev–Trinajstić information content (AvgIpc) is 2.81. The summed E-state index contributed by atoms with van der Waals surface area (Å²) in [4.78, 5) is 4.40. The molecule has 17 heavy (non-hydrogen) atoms. The Morgan fingerprint density at radius 1 is 1.24 bits per heavy atom. The van der Waals surface area contributed by atoms with E-state index in [1.807, 2.05) is 44.2 Å². The molecule has 1 aromatic heterocycles. The third-order valence-corrected chi connectivity index (χ3v) is 2.71. The number of rotatable bonds is 4. The topological polar surface area (TPSA) is 64.9 Å². The van der Waals surface area contributed by atoms with Crippen LogP contribution in [0.1, 0.15) is 43.0 Å². The van der Waals surface area contributed by atoms with E-state index < -0.39 is 0 Å². The molecule has 2 N–H and O–H groups in total. The van der Waals surface area contributed by atoms with Crippen LogP contribution in [-0.4, -0.2) is 16.7 Å². The van der Waals surface area contributed by atoms with E-state index in [0.717, 1.165) is 11.4 Å². The highest BCUT2D eigenvalue weighted by Gasteiger charge is 2.20. The number of hydrogen-bond donors (Lipinski definition) is 1. The standard InChI is InChI=1S/C13H17N3O/c1-9(2)12-15-13(17-16-12)11(8-14)10-6-4-3-5-7-10/h3-7,9,11H,8,14H2,1-2H3. The fraction of sp³-hybridized carbons (Fsp3) is 0.385. The van der Waals surface area contributed by atoms with Crippen molar-refractivity contribution < 1.29 is 4.52 Å². The van der Waals surface area contributed by atoms with Crippen LogP contribution in [0.5, 0.6) is 0 Å². The van der Waals surface area contributed by atoms with Crippen molar-refractivity contribution in [3.05, 3.63) is 47.6 Å². The summed E-state index contributed by atoms with van der Waals surface area (Å²) in [6.07, 6.45) is 0. The van der Waals surface area contributed by atoms with Crippen LogP contribution >= 0.6 is 0 Å². The van der Waals surface area contributed by atoms with Gasteiger partial charge in [0.2, 0.25) is 5.89 Å². The Balaban J connectivity index is 2.29. The van der Waals surface area contributed by atoms with E-state index in [-0.39, 0.29) is 11.8 Å². The van der Waals surface area contributed by atoms with Crippen molar-refractivity contribution in [1.82, 2.24) is 10.1 Å².